The monoisotopic (exact) mass is 281 g/mol. The number of carbonyl (C=O) groups excluding carboxylic acids is 1. The molecule has 1 saturated heterocycles. The van der Waals surface area contributed by atoms with Gasteiger partial charge in [-0.25, -0.2) is 0 Å². The van der Waals surface area contributed by atoms with E-state index in [9.17, 15) is 4.79 Å². The van der Waals surface area contributed by atoms with Gasteiger partial charge in [0, 0.05) is 0 Å². The Morgan fingerprint density at radius 1 is 1.10 bits per heavy atom. The summed E-state index contributed by atoms with van der Waals surface area (Å²) in [4.78, 5) is 12.0. The van der Waals surface area contributed by atoms with Gasteiger partial charge in [0.2, 0.25) is 0 Å². The number of piperidine rings is 1. The van der Waals surface area contributed by atoms with E-state index >= 15 is 0 Å². The number of nitrogens with one attached hydrogen (secondary N) is 1. The largest absolute Gasteiger partial charge is 0.469 e. The standard InChI is InChI=1S/C16H27NO3/c1-19-14(18)16-7-4-15(5-8-16,6-9-16)12-20-13-2-10-17-11-3-13/h13,17H,2-12H2,1H3. The van der Waals surface area contributed by atoms with Crippen molar-refractivity contribution in [1.82, 2.24) is 5.32 Å². The number of ether oxygens (including phenoxy) is 2. The summed E-state index contributed by atoms with van der Waals surface area (Å²) < 4.78 is 11.2. The molecule has 20 heavy (non-hydrogen) atoms. The molecule has 4 fully saturated rings. The number of rotatable bonds is 4. The van der Waals surface area contributed by atoms with Crippen LogP contribution in [-0.2, 0) is 14.3 Å². The molecule has 0 aromatic rings. The molecule has 0 aromatic heterocycles. The topological polar surface area (TPSA) is 47.6 Å². The van der Waals surface area contributed by atoms with Gasteiger partial charge in [0.05, 0.1) is 25.2 Å². The molecular weight excluding hydrogens is 254 g/mol. The second-order valence-corrected chi connectivity index (χ2v) is 7.03. The summed E-state index contributed by atoms with van der Waals surface area (Å²) in [7, 11) is 1.52. The first-order valence-electron chi connectivity index (χ1n) is 8.09. The summed E-state index contributed by atoms with van der Waals surface area (Å²) in [6.07, 6.45) is 9.11. The zero-order valence-electron chi connectivity index (χ0n) is 12.6. The lowest BCUT2D eigenvalue weighted by Crippen LogP contribution is -2.48. The summed E-state index contributed by atoms with van der Waals surface area (Å²) >= 11 is 0. The predicted molar refractivity (Wildman–Crippen MR) is 76.4 cm³/mol. The highest BCUT2D eigenvalue weighted by atomic mass is 16.5. The molecule has 0 aromatic carbocycles. The van der Waals surface area contributed by atoms with Crippen LogP contribution in [0.3, 0.4) is 0 Å². The minimum absolute atomic E-state index is 0.0186. The van der Waals surface area contributed by atoms with Crippen molar-refractivity contribution in [3.05, 3.63) is 0 Å². The van der Waals surface area contributed by atoms with Gasteiger partial charge in [0.1, 0.15) is 0 Å². The molecule has 0 atom stereocenters. The molecular formula is C16H27NO3. The fraction of sp³-hybridized carbons (Fsp3) is 0.938. The molecule has 0 spiro atoms. The highest BCUT2D eigenvalue weighted by molar-refractivity contribution is 5.77. The first-order chi connectivity index (χ1) is 9.68. The second-order valence-electron chi connectivity index (χ2n) is 7.03. The van der Waals surface area contributed by atoms with Gasteiger partial charge >= 0.3 is 5.97 Å². The van der Waals surface area contributed by atoms with Gasteiger partial charge in [0.25, 0.3) is 0 Å². The number of hydrogen-bond acceptors (Lipinski definition) is 4. The van der Waals surface area contributed by atoms with E-state index in [1.54, 1.807) is 0 Å². The average Bonchev–Trinajstić information content (AvgIpc) is 2.55. The van der Waals surface area contributed by atoms with Gasteiger partial charge in [-0.3, -0.25) is 4.79 Å². The lowest BCUT2D eigenvalue weighted by atomic mass is 9.54. The van der Waals surface area contributed by atoms with E-state index in [2.05, 4.69) is 5.32 Å². The van der Waals surface area contributed by atoms with Crippen molar-refractivity contribution in [2.75, 3.05) is 26.8 Å². The van der Waals surface area contributed by atoms with E-state index in [1.807, 2.05) is 0 Å². The van der Waals surface area contributed by atoms with Crippen LogP contribution >= 0.6 is 0 Å². The van der Waals surface area contributed by atoms with Crippen LogP contribution in [0.15, 0.2) is 0 Å². The number of fused-ring (bicyclic) bond motifs is 3. The second kappa shape index (κ2) is 5.64. The van der Waals surface area contributed by atoms with Gasteiger partial charge in [-0.2, -0.15) is 0 Å². The Bertz CT molecular complexity index is 338. The van der Waals surface area contributed by atoms with Crippen molar-refractivity contribution in [3.63, 3.8) is 0 Å². The van der Waals surface area contributed by atoms with E-state index in [-0.39, 0.29) is 11.4 Å². The maximum absolute atomic E-state index is 12.0. The molecule has 0 amide bonds. The van der Waals surface area contributed by atoms with Crippen LogP contribution in [0.4, 0.5) is 0 Å². The van der Waals surface area contributed by atoms with Crippen LogP contribution in [-0.4, -0.2) is 38.9 Å². The van der Waals surface area contributed by atoms with E-state index in [4.69, 9.17) is 9.47 Å². The summed E-state index contributed by atoms with van der Waals surface area (Å²) in [5.41, 5.74) is 0.186. The van der Waals surface area contributed by atoms with E-state index in [1.165, 1.54) is 7.11 Å². The minimum Gasteiger partial charge on any atom is -0.469 e. The molecule has 1 aliphatic heterocycles. The zero-order chi connectivity index (χ0) is 14.1. The van der Waals surface area contributed by atoms with Crippen LogP contribution in [0, 0.1) is 10.8 Å². The van der Waals surface area contributed by atoms with Gasteiger partial charge in [-0.15, -0.1) is 0 Å². The number of methoxy groups -OCH3 is 1. The van der Waals surface area contributed by atoms with Crippen LogP contribution in [0.1, 0.15) is 51.4 Å². The Labute approximate surface area is 121 Å². The number of carbonyl (C=O) groups is 1. The maximum atomic E-state index is 12.0. The maximum Gasteiger partial charge on any atom is 0.311 e. The Hall–Kier alpha value is -0.610. The minimum atomic E-state index is -0.161. The molecule has 4 heteroatoms. The molecule has 0 radical (unpaired) electrons. The molecule has 3 aliphatic carbocycles. The van der Waals surface area contributed by atoms with Crippen molar-refractivity contribution < 1.29 is 14.3 Å². The summed E-state index contributed by atoms with van der Waals surface area (Å²) in [5, 5.41) is 3.38. The summed E-state index contributed by atoms with van der Waals surface area (Å²) in [5.74, 6) is 0.0186. The highest BCUT2D eigenvalue weighted by Gasteiger charge is 2.53. The van der Waals surface area contributed by atoms with E-state index in [0.29, 0.717) is 11.5 Å². The Kier molecular flexibility index (Phi) is 4.04. The third-order valence-corrected chi connectivity index (χ3v) is 5.93. The molecule has 0 unspecified atom stereocenters. The molecule has 1 heterocycles. The van der Waals surface area contributed by atoms with Crippen LogP contribution in [0.2, 0.25) is 0 Å². The van der Waals surface area contributed by atoms with Crippen LogP contribution in [0.5, 0.6) is 0 Å². The molecule has 4 rings (SSSR count). The molecule has 114 valence electrons. The lowest BCUT2D eigenvalue weighted by molar-refractivity contribution is -0.166. The SMILES string of the molecule is COC(=O)C12CCC(COC3CCNCC3)(CC1)CC2. The first kappa shape index (κ1) is 14.3. The summed E-state index contributed by atoms with van der Waals surface area (Å²) in [6.45, 7) is 3.07. The fourth-order valence-corrected chi connectivity index (χ4v) is 4.26. The van der Waals surface area contributed by atoms with E-state index < -0.39 is 0 Å². The van der Waals surface area contributed by atoms with Crippen molar-refractivity contribution in [1.29, 1.82) is 0 Å². The van der Waals surface area contributed by atoms with Crippen molar-refractivity contribution in [2.45, 2.75) is 57.5 Å². The Balaban J connectivity index is 1.53. The normalized spacial score (nSPS) is 37.9. The predicted octanol–water partition coefficient (Wildman–Crippen LogP) is 2.27. The molecule has 2 bridgehead atoms. The first-order valence-corrected chi connectivity index (χ1v) is 8.09. The third kappa shape index (κ3) is 2.60. The van der Waals surface area contributed by atoms with Crippen molar-refractivity contribution in [2.24, 2.45) is 10.8 Å². The van der Waals surface area contributed by atoms with Crippen molar-refractivity contribution >= 4 is 5.97 Å². The molecule has 3 saturated carbocycles. The lowest BCUT2D eigenvalue weighted by Gasteiger charge is -2.52. The average molecular weight is 281 g/mol. The van der Waals surface area contributed by atoms with Gasteiger partial charge in [-0.1, -0.05) is 0 Å². The van der Waals surface area contributed by atoms with Crippen LogP contribution < -0.4 is 5.32 Å². The molecule has 4 aliphatic rings. The highest BCUT2D eigenvalue weighted by Crippen LogP contribution is 2.57. The number of hydrogen-bond donors (Lipinski definition) is 1. The fourth-order valence-electron chi connectivity index (χ4n) is 4.26. The molecule has 4 nitrogen and oxygen atoms in total. The Morgan fingerprint density at radius 2 is 1.70 bits per heavy atom. The van der Waals surface area contributed by atoms with Crippen molar-refractivity contribution in [3.8, 4) is 0 Å². The molecule has 1 N–H and O–H groups in total. The number of esters is 1. The quantitative estimate of drug-likeness (QED) is 0.803. The summed E-state index contributed by atoms with van der Waals surface area (Å²) in [6, 6.07) is 0. The zero-order valence-corrected chi connectivity index (χ0v) is 12.6. The van der Waals surface area contributed by atoms with Gasteiger partial charge < -0.3 is 14.8 Å². The Morgan fingerprint density at radius 3 is 2.25 bits per heavy atom. The van der Waals surface area contributed by atoms with E-state index in [0.717, 1.165) is 71.1 Å². The smallest absolute Gasteiger partial charge is 0.311 e. The van der Waals surface area contributed by atoms with Gasteiger partial charge in [-0.05, 0) is 69.9 Å². The van der Waals surface area contributed by atoms with Gasteiger partial charge in [0.15, 0.2) is 0 Å². The van der Waals surface area contributed by atoms with Crippen LogP contribution in [0.25, 0.3) is 0 Å². The third-order valence-electron chi connectivity index (χ3n) is 5.93.